The van der Waals surface area contributed by atoms with E-state index < -0.39 is 0 Å². The van der Waals surface area contributed by atoms with E-state index >= 15 is 0 Å². The number of carbonyl (C=O) groups excluding carboxylic acids is 1. The molecule has 1 aromatic rings. The molecular formula is C4H4B3NO. The standard InChI is InChI=1S/C4H4B3NO/c9-3-8-4-6-1-5-2-7-4/h1-3H,(H,8,9). The predicted molar refractivity (Wildman–Crippen MR) is 40.2 cm³/mol. The summed E-state index contributed by atoms with van der Waals surface area (Å²) in [6.45, 7) is 5.55. The van der Waals surface area contributed by atoms with Crippen LogP contribution in [-0.4, -0.2) is 27.1 Å². The summed E-state index contributed by atoms with van der Waals surface area (Å²) in [5.74, 6) is 3.73. The third kappa shape index (κ3) is 1.92. The monoisotopic (exact) mass is 115 g/mol. The van der Waals surface area contributed by atoms with Crippen LogP contribution < -0.4 is 5.32 Å². The molecule has 1 heterocycles. The van der Waals surface area contributed by atoms with Gasteiger partial charge in [-0.3, -0.25) is 0 Å². The van der Waals surface area contributed by atoms with Crippen molar-refractivity contribution in [2.45, 2.75) is 0 Å². The number of hydrogen-bond donors (Lipinski definition) is 1. The Morgan fingerprint density at radius 3 is 2.67 bits per heavy atom. The second kappa shape index (κ2) is 3.33. The van der Waals surface area contributed by atoms with E-state index in [1.807, 2.05) is 32.4 Å². The summed E-state index contributed by atoms with van der Waals surface area (Å²) in [6, 6.07) is 0. The number of rotatable bonds is 2. The maximum atomic E-state index is 9.86. The summed E-state index contributed by atoms with van der Waals surface area (Å²) in [5.41, 5.74) is 0.826. The predicted octanol–water partition coefficient (Wildman–Crippen LogP) is -0.731. The van der Waals surface area contributed by atoms with Crippen molar-refractivity contribution >= 4 is 32.6 Å². The fourth-order valence-electron chi connectivity index (χ4n) is 0.602. The zero-order chi connectivity index (χ0) is 6.53. The van der Waals surface area contributed by atoms with Crippen LogP contribution in [0.25, 0.3) is 0 Å². The zero-order valence-corrected chi connectivity index (χ0v) is 4.87. The molecule has 0 bridgehead atoms. The van der Waals surface area contributed by atoms with Gasteiger partial charge >= 0.3 is 54.4 Å². The molecule has 0 aliphatic carbocycles. The Hall–Kier alpha value is -0.725. The van der Waals surface area contributed by atoms with Gasteiger partial charge in [-0.25, -0.2) is 0 Å². The molecule has 1 aromatic heterocycles. The van der Waals surface area contributed by atoms with Gasteiger partial charge in [0.2, 0.25) is 0 Å². The molecule has 0 saturated carbocycles. The third-order valence-electron chi connectivity index (χ3n) is 0.999. The van der Waals surface area contributed by atoms with Crippen LogP contribution in [0.4, 0.5) is 5.48 Å². The van der Waals surface area contributed by atoms with Gasteiger partial charge in [-0.05, 0) is 0 Å². The van der Waals surface area contributed by atoms with E-state index in [9.17, 15) is 4.79 Å². The van der Waals surface area contributed by atoms with Crippen LogP contribution in [0.15, 0.2) is 11.7 Å². The molecule has 0 aliphatic heterocycles. The summed E-state index contributed by atoms with van der Waals surface area (Å²) in [5, 5.41) is 2.53. The quantitative estimate of drug-likeness (QED) is 0.505. The van der Waals surface area contributed by atoms with Crippen molar-refractivity contribution in [1.29, 1.82) is 0 Å². The van der Waals surface area contributed by atoms with E-state index in [-0.39, 0.29) is 0 Å². The van der Waals surface area contributed by atoms with Crippen molar-refractivity contribution < 1.29 is 4.79 Å². The van der Waals surface area contributed by atoms with Gasteiger partial charge in [-0.2, -0.15) is 0 Å². The molecule has 1 N–H and O–H groups in total. The molecule has 40 valence electrons. The molecule has 0 spiro atoms. The van der Waals surface area contributed by atoms with E-state index in [1.165, 1.54) is 0 Å². The molecule has 0 radical (unpaired) electrons. The normalized spacial score (nSPS) is 7.11. The molecule has 0 saturated heterocycles. The minimum absolute atomic E-state index is 0.662. The first kappa shape index (κ1) is 6.40. The molecule has 1 rings (SSSR count). The summed E-state index contributed by atoms with van der Waals surface area (Å²) in [6.07, 6.45) is 0.662. The Morgan fingerprint density at radius 2 is 2.11 bits per heavy atom. The first-order valence-corrected chi connectivity index (χ1v) is 2.69. The molecule has 0 atom stereocenters. The van der Waals surface area contributed by atoms with Crippen molar-refractivity contribution in [3.63, 3.8) is 0 Å². The van der Waals surface area contributed by atoms with Crippen molar-refractivity contribution in [3.05, 3.63) is 11.7 Å². The molecule has 0 aliphatic rings. The Labute approximate surface area is 55.3 Å². The SMILES string of the molecule is O=CNc1bcbcb1. The molecule has 2 nitrogen and oxygen atoms in total. The Kier molecular flexibility index (Phi) is 2.37. The number of hydrogen-bond acceptors (Lipinski definition) is 1. The number of carbonyl (C=O) groups is 1. The molecule has 0 fully saturated rings. The van der Waals surface area contributed by atoms with E-state index in [2.05, 4.69) is 5.32 Å². The van der Waals surface area contributed by atoms with Gasteiger partial charge in [0.15, 0.2) is 0 Å². The summed E-state index contributed by atoms with van der Waals surface area (Å²) < 4.78 is 0. The summed E-state index contributed by atoms with van der Waals surface area (Å²) in [4.78, 5) is 9.86. The molecule has 9 heavy (non-hydrogen) atoms. The van der Waals surface area contributed by atoms with Gasteiger partial charge in [0, 0.05) is 0 Å². The van der Waals surface area contributed by atoms with Crippen molar-refractivity contribution in [2.24, 2.45) is 0 Å². The van der Waals surface area contributed by atoms with Gasteiger partial charge in [0.1, 0.15) is 0 Å². The Morgan fingerprint density at radius 1 is 1.44 bits per heavy atom. The maximum absolute atomic E-state index is 9.86. The van der Waals surface area contributed by atoms with Crippen molar-refractivity contribution in [3.8, 4) is 0 Å². The fraction of sp³-hybridized carbons (Fsp3) is 0. The van der Waals surface area contributed by atoms with Crippen LogP contribution in [0, 0.1) is 0 Å². The van der Waals surface area contributed by atoms with Gasteiger partial charge in [-0.15, -0.1) is 0 Å². The van der Waals surface area contributed by atoms with Crippen LogP contribution in [0.5, 0.6) is 0 Å². The van der Waals surface area contributed by atoms with Crippen LogP contribution in [0.3, 0.4) is 0 Å². The Bertz CT molecular complexity index is 190. The van der Waals surface area contributed by atoms with E-state index in [0.29, 0.717) is 6.41 Å². The summed E-state index contributed by atoms with van der Waals surface area (Å²) >= 11 is 0. The molecule has 0 unspecified atom stereocenters. The second-order valence-electron chi connectivity index (χ2n) is 1.63. The van der Waals surface area contributed by atoms with Gasteiger partial charge in [-0.1, -0.05) is 0 Å². The minimum atomic E-state index is 0.662. The number of amides is 1. The van der Waals surface area contributed by atoms with Crippen molar-refractivity contribution in [2.75, 3.05) is 5.32 Å². The van der Waals surface area contributed by atoms with E-state index in [0.717, 1.165) is 5.48 Å². The first-order valence-electron chi connectivity index (χ1n) is 2.69. The van der Waals surface area contributed by atoms with E-state index in [4.69, 9.17) is 0 Å². The fourth-order valence-corrected chi connectivity index (χ4v) is 0.602. The van der Waals surface area contributed by atoms with Crippen LogP contribution >= 0.6 is 0 Å². The molecule has 1 amide bonds. The molecule has 0 aromatic carbocycles. The average molecular weight is 115 g/mol. The van der Waals surface area contributed by atoms with Gasteiger partial charge < -0.3 is 0 Å². The van der Waals surface area contributed by atoms with Gasteiger partial charge in [0.05, 0.1) is 0 Å². The Balaban J connectivity index is 2.72. The second-order valence-corrected chi connectivity index (χ2v) is 1.63. The number of nitrogens with one attached hydrogen (secondary N) is 1. The molecule has 5 heteroatoms. The van der Waals surface area contributed by atoms with Crippen LogP contribution in [-0.2, 0) is 4.79 Å². The first-order chi connectivity index (χ1) is 4.43. The van der Waals surface area contributed by atoms with Crippen LogP contribution in [0.1, 0.15) is 0 Å². The van der Waals surface area contributed by atoms with Crippen LogP contribution in [0.2, 0.25) is 0 Å². The van der Waals surface area contributed by atoms with E-state index in [1.54, 1.807) is 0 Å². The molecular weight excluding hydrogens is 110 g/mol. The zero-order valence-electron chi connectivity index (χ0n) is 4.87. The van der Waals surface area contributed by atoms with Crippen molar-refractivity contribution in [1.82, 2.24) is 0 Å². The number of anilines is 1. The average Bonchev–Trinajstić information content (AvgIpc) is 1.91. The third-order valence-corrected chi connectivity index (χ3v) is 0.999. The summed E-state index contributed by atoms with van der Waals surface area (Å²) in [7, 11) is 0. The topological polar surface area (TPSA) is 29.1 Å². The van der Waals surface area contributed by atoms with Gasteiger partial charge in [0.25, 0.3) is 0 Å².